The minimum atomic E-state index is -1.46. The van der Waals surface area contributed by atoms with Crippen molar-refractivity contribution in [1.29, 1.82) is 0 Å². The molecule has 0 bridgehead atoms. The fraction of sp³-hybridized carbons (Fsp3) is 0.571. The molecule has 0 saturated carbocycles. The van der Waals surface area contributed by atoms with Gasteiger partial charge in [0.25, 0.3) is 0 Å². The SMILES string of the molecule is CCCC(C)C1(C)OCc2cc([Si](Cl)Cl)ccc2O1. The monoisotopic (exact) mass is 317 g/mol. The van der Waals surface area contributed by atoms with Crippen LogP contribution in [0.2, 0.25) is 0 Å². The summed E-state index contributed by atoms with van der Waals surface area (Å²) in [4.78, 5) is 0. The van der Waals surface area contributed by atoms with Crippen molar-refractivity contribution in [2.24, 2.45) is 5.92 Å². The lowest BCUT2D eigenvalue weighted by molar-refractivity contribution is -0.223. The minimum absolute atomic E-state index is 0.353. The van der Waals surface area contributed by atoms with Crippen molar-refractivity contribution in [3.63, 3.8) is 0 Å². The van der Waals surface area contributed by atoms with Gasteiger partial charge in [-0.1, -0.05) is 32.4 Å². The predicted molar refractivity (Wildman–Crippen MR) is 81.4 cm³/mol. The molecule has 0 saturated heterocycles. The molecular weight excluding hydrogens is 299 g/mol. The molecule has 0 spiro atoms. The molecule has 0 amide bonds. The zero-order valence-electron chi connectivity index (χ0n) is 11.5. The van der Waals surface area contributed by atoms with Crippen LogP contribution in [0.25, 0.3) is 0 Å². The maximum atomic E-state index is 6.07. The molecule has 0 aliphatic carbocycles. The van der Waals surface area contributed by atoms with Crippen LogP contribution >= 0.6 is 22.2 Å². The van der Waals surface area contributed by atoms with E-state index in [0.717, 1.165) is 29.3 Å². The van der Waals surface area contributed by atoms with Crippen LogP contribution in [0.3, 0.4) is 0 Å². The molecule has 1 radical (unpaired) electrons. The van der Waals surface area contributed by atoms with E-state index < -0.39 is 13.2 Å². The molecule has 0 N–H and O–H groups in total. The third-order valence-corrected chi connectivity index (χ3v) is 5.78. The van der Waals surface area contributed by atoms with Crippen molar-refractivity contribution in [3.8, 4) is 5.75 Å². The van der Waals surface area contributed by atoms with Crippen molar-refractivity contribution >= 4 is 34.8 Å². The average molecular weight is 318 g/mol. The Balaban J connectivity index is 2.20. The number of rotatable bonds is 4. The van der Waals surface area contributed by atoms with E-state index in [-0.39, 0.29) is 0 Å². The van der Waals surface area contributed by atoms with Gasteiger partial charge in [-0.15, -0.1) is 22.2 Å². The topological polar surface area (TPSA) is 18.5 Å². The highest BCUT2D eigenvalue weighted by molar-refractivity contribution is 7.39. The van der Waals surface area contributed by atoms with Crippen molar-refractivity contribution in [3.05, 3.63) is 23.8 Å². The summed E-state index contributed by atoms with van der Waals surface area (Å²) in [7, 11) is -1.46. The standard InChI is InChI=1S/C14H19Cl2O2Si/c1-4-5-10(2)14(3)17-9-11-8-12(19(15)16)6-7-13(11)18-14/h6-8,10H,4-5,9H2,1-3H3. The number of hydrogen-bond donors (Lipinski definition) is 0. The predicted octanol–water partition coefficient (Wildman–Crippen LogP) is 3.92. The zero-order chi connectivity index (χ0) is 14.0. The van der Waals surface area contributed by atoms with Crippen LogP contribution in [0.1, 0.15) is 39.2 Å². The van der Waals surface area contributed by atoms with Gasteiger partial charge < -0.3 is 9.47 Å². The smallest absolute Gasteiger partial charge is 0.307 e. The summed E-state index contributed by atoms with van der Waals surface area (Å²) in [5.74, 6) is 0.697. The van der Waals surface area contributed by atoms with E-state index in [0.29, 0.717) is 12.5 Å². The van der Waals surface area contributed by atoms with Gasteiger partial charge in [-0.3, -0.25) is 0 Å². The van der Waals surface area contributed by atoms with Crippen molar-refractivity contribution in [2.75, 3.05) is 0 Å². The molecule has 1 aliphatic rings. The van der Waals surface area contributed by atoms with E-state index in [1.807, 2.05) is 25.1 Å². The van der Waals surface area contributed by atoms with Crippen LogP contribution in [0.15, 0.2) is 18.2 Å². The van der Waals surface area contributed by atoms with E-state index >= 15 is 0 Å². The molecule has 2 nitrogen and oxygen atoms in total. The van der Waals surface area contributed by atoms with Gasteiger partial charge in [0.2, 0.25) is 5.79 Å². The fourth-order valence-electron chi connectivity index (χ4n) is 2.32. The first-order valence-electron chi connectivity index (χ1n) is 6.60. The van der Waals surface area contributed by atoms with E-state index in [4.69, 9.17) is 31.6 Å². The Labute approximate surface area is 126 Å². The molecule has 0 fully saturated rings. The van der Waals surface area contributed by atoms with Crippen molar-refractivity contribution in [1.82, 2.24) is 0 Å². The molecule has 1 aromatic rings. The molecule has 5 heteroatoms. The number of fused-ring (bicyclic) bond motifs is 1. The Morgan fingerprint density at radius 2 is 2.16 bits per heavy atom. The van der Waals surface area contributed by atoms with Crippen LogP contribution in [-0.2, 0) is 11.3 Å². The molecule has 2 atom stereocenters. The van der Waals surface area contributed by atoms with Gasteiger partial charge in [0.05, 0.1) is 6.61 Å². The minimum Gasteiger partial charge on any atom is -0.462 e. The second kappa shape index (κ2) is 6.04. The second-order valence-electron chi connectivity index (χ2n) is 5.18. The molecule has 1 aliphatic heterocycles. The summed E-state index contributed by atoms with van der Waals surface area (Å²) in [6.45, 7) is 6.91. The van der Waals surface area contributed by atoms with E-state index in [1.54, 1.807) is 0 Å². The molecule has 2 unspecified atom stereocenters. The van der Waals surface area contributed by atoms with Crippen LogP contribution < -0.4 is 9.92 Å². The van der Waals surface area contributed by atoms with Crippen LogP contribution in [0, 0.1) is 5.92 Å². The van der Waals surface area contributed by atoms with Crippen LogP contribution in [-0.4, -0.2) is 13.2 Å². The third kappa shape index (κ3) is 3.27. The van der Waals surface area contributed by atoms with Gasteiger partial charge >= 0.3 is 7.42 Å². The van der Waals surface area contributed by atoms with Gasteiger partial charge in [-0.2, -0.15) is 0 Å². The van der Waals surface area contributed by atoms with Crippen LogP contribution in [0.5, 0.6) is 5.75 Å². The third-order valence-electron chi connectivity index (χ3n) is 3.72. The number of halogens is 2. The lowest BCUT2D eigenvalue weighted by Crippen LogP contribution is -2.45. The lowest BCUT2D eigenvalue weighted by Gasteiger charge is -2.40. The molecule has 1 aromatic carbocycles. The largest absolute Gasteiger partial charge is 0.462 e. The fourth-order valence-corrected chi connectivity index (χ4v) is 3.51. The summed E-state index contributed by atoms with van der Waals surface area (Å²) in [5.41, 5.74) is 1.03. The average Bonchev–Trinajstić information content (AvgIpc) is 2.38. The molecule has 105 valence electrons. The van der Waals surface area contributed by atoms with Crippen molar-refractivity contribution < 1.29 is 9.47 Å². The Morgan fingerprint density at radius 3 is 2.79 bits per heavy atom. The van der Waals surface area contributed by atoms with Crippen LogP contribution in [0.4, 0.5) is 0 Å². The highest BCUT2D eigenvalue weighted by atomic mass is 35.7. The Morgan fingerprint density at radius 1 is 1.42 bits per heavy atom. The zero-order valence-corrected chi connectivity index (χ0v) is 14.0. The normalized spacial score (nSPS) is 23.9. The number of benzene rings is 1. The molecule has 0 aromatic heterocycles. The molecular formula is C14H19Cl2O2Si. The maximum absolute atomic E-state index is 6.07. The van der Waals surface area contributed by atoms with E-state index in [9.17, 15) is 0 Å². The van der Waals surface area contributed by atoms with E-state index in [1.165, 1.54) is 0 Å². The number of ether oxygens (including phenoxy) is 2. The van der Waals surface area contributed by atoms with Gasteiger partial charge in [0, 0.05) is 18.4 Å². The van der Waals surface area contributed by atoms with Gasteiger partial charge in [0.1, 0.15) is 5.75 Å². The highest BCUT2D eigenvalue weighted by Gasteiger charge is 2.37. The summed E-state index contributed by atoms with van der Waals surface area (Å²) < 4.78 is 12.0. The Hall–Kier alpha value is -0.223. The van der Waals surface area contributed by atoms with Gasteiger partial charge in [-0.25, -0.2) is 0 Å². The summed E-state index contributed by atoms with van der Waals surface area (Å²) in [6.07, 6.45) is 2.21. The first-order chi connectivity index (χ1) is 8.96. The number of hydrogen-bond acceptors (Lipinski definition) is 2. The first kappa shape index (κ1) is 15.2. The Bertz CT molecular complexity index is 453. The molecule has 2 rings (SSSR count). The lowest BCUT2D eigenvalue weighted by atomic mass is 9.96. The Kier molecular flexibility index (Phi) is 4.82. The summed E-state index contributed by atoms with van der Waals surface area (Å²) in [6, 6.07) is 5.90. The quantitative estimate of drug-likeness (QED) is 0.619. The van der Waals surface area contributed by atoms with Gasteiger partial charge in [-0.05, 0) is 17.7 Å². The highest BCUT2D eigenvalue weighted by Crippen LogP contribution is 2.36. The summed E-state index contributed by atoms with van der Waals surface area (Å²) >= 11 is 12.0. The second-order valence-corrected chi connectivity index (χ2v) is 9.13. The first-order valence-corrected chi connectivity index (χ1v) is 10.1. The van der Waals surface area contributed by atoms with Gasteiger partial charge in [0.15, 0.2) is 0 Å². The van der Waals surface area contributed by atoms with E-state index in [2.05, 4.69) is 13.8 Å². The molecule has 19 heavy (non-hydrogen) atoms. The maximum Gasteiger partial charge on any atom is 0.307 e. The van der Waals surface area contributed by atoms with Crippen molar-refractivity contribution in [2.45, 2.75) is 46.0 Å². The molecule has 1 heterocycles. The summed E-state index contributed by atoms with van der Waals surface area (Å²) in [5, 5.41) is 0.976.